The molecule has 5 heteroatoms. The van der Waals surface area contributed by atoms with E-state index >= 15 is 0 Å². The fraction of sp³-hybridized carbons (Fsp3) is 0.158. The van der Waals surface area contributed by atoms with Gasteiger partial charge >= 0.3 is 5.97 Å². The molecule has 124 valence electrons. The van der Waals surface area contributed by atoms with Gasteiger partial charge in [0, 0.05) is 13.0 Å². The molecule has 0 aliphatic rings. The summed E-state index contributed by atoms with van der Waals surface area (Å²) in [6, 6.07) is 16.9. The van der Waals surface area contributed by atoms with Gasteiger partial charge in [0.05, 0.1) is 12.8 Å². The van der Waals surface area contributed by atoms with Gasteiger partial charge in [0.25, 0.3) is 0 Å². The van der Waals surface area contributed by atoms with Crippen molar-refractivity contribution in [2.45, 2.75) is 13.5 Å². The van der Waals surface area contributed by atoms with Gasteiger partial charge in [-0.1, -0.05) is 30.3 Å². The molecule has 0 saturated heterocycles. The number of hydrogen-bond donors (Lipinski definition) is 1. The smallest absolute Gasteiger partial charge is 0.332 e. The zero-order valence-corrected chi connectivity index (χ0v) is 13.6. The van der Waals surface area contributed by atoms with Crippen molar-refractivity contribution in [3.05, 3.63) is 71.8 Å². The van der Waals surface area contributed by atoms with Crippen LogP contribution in [-0.4, -0.2) is 19.0 Å². The molecule has 1 amide bonds. The standard InChI is InChI=1S/C19H19NO4/c1-14(21)20-18(12-19(22)23-2)16-8-10-17(11-9-16)24-13-15-6-4-3-5-7-15/h3-12H,13H2,1-2H3,(H,20,21)/b18-12-. The van der Waals surface area contributed by atoms with Crippen LogP contribution in [0.3, 0.4) is 0 Å². The van der Waals surface area contributed by atoms with Crippen LogP contribution in [0.25, 0.3) is 5.70 Å². The molecule has 2 rings (SSSR count). The average molecular weight is 325 g/mol. The average Bonchev–Trinajstić information content (AvgIpc) is 2.60. The lowest BCUT2D eigenvalue weighted by Gasteiger charge is -2.10. The number of ether oxygens (including phenoxy) is 2. The van der Waals surface area contributed by atoms with Crippen molar-refractivity contribution in [2.75, 3.05) is 7.11 Å². The lowest BCUT2D eigenvalue weighted by atomic mass is 10.1. The summed E-state index contributed by atoms with van der Waals surface area (Å²) in [6.07, 6.45) is 1.24. The molecule has 0 saturated carbocycles. The van der Waals surface area contributed by atoms with Gasteiger partial charge in [-0.15, -0.1) is 0 Å². The van der Waals surface area contributed by atoms with Crippen LogP contribution in [0.4, 0.5) is 0 Å². The molecule has 0 bridgehead atoms. The van der Waals surface area contributed by atoms with Crippen LogP contribution in [0.1, 0.15) is 18.1 Å². The lowest BCUT2D eigenvalue weighted by molar-refractivity contribution is -0.134. The maximum absolute atomic E-state index is 11.4. The van der Waals surface area contributed by atoms with E-state index in [0.717, 1.165) is 5.56 Å². The maximum Gasteiger partial charge on any atom is 0.332 e. The highest BCUT2D eigenvalue weighted by Gasteiger charge is 2.07. The van der Waals surface area contributed by atoms with Crippen LogP contribution in [0.5, 0.6) is 5.75 Å². The first-order valence-electron chi connectivity index (χ1n) is 7.43. The maximum atomic E-state index is 11.4. The highest BCUT2D eigenvalue weighted by molar-refractivity contribution is 5.95. The van der Waals surface area contributed by atoms with Gasteiger partial charge in [0.15, 0.2) is 0 Å². The van der Waals surface area contributed by atoms with Crippen LogP contribution < -0.4 is 10.1 Å². The molecule has 0 aliphatic heterocycles. The van der Waals surface area contributed by atoms with Crippen LogP contribution in [0.2, 0.25) is 0 Å². The van der Waals surface area contributed by atoms with Crippen molar-refractivity contribution in [3.8, 4) is 5.75 Å². The number of rotatable bonds is 6. The molecule has 0 spiro atoms. The highest BCUT2D eigenvalue weighted by atomic mass is 16.5. The second kappa shape index (κ2) is 8.53. The summed E-state index contributed by atoms with van der Waals surface area (Å²) in [7, 11) is 1.28. The summed E-state index contributed by atoms with van der Waals surface area (Å²) in [4.78, 5) is 22.7. The normalized spacial score (nSPS) is 10.8. The predicted molar refractivity (Wildman–Crippen MR) is 91.0 cm³/mol. The minimum absolute atomic E-state index is 0.269. The minimum Gasteiger partial charge on any atom is -0.489 e. The summed E-state index contributed by atoms with van der Waals surface area (Å²) in [6.45, 7) is 1.85. The molecule has 5 nitrogen and oxygen atoms in total. The Kier molecular flexibility index (Phi) is 6.14. The van der Waals surface area contributed by atoms with Gasteiger partial charge in [-0.2, -0.15) is 0 Å². The number of esters is 1. The van der Waals surface area contributed by atoms with Crippen molar-refractivity contribution in [2.24, 2.45) is 0 Å². The zero-order chi connectivity index (χ0) is 17.4. The Labute approximate surface area is 140 Å². The first-order valence-corrected chi connectivity index (χ1v) is 7.43. The summed E-state index contributed by atoms with van der Waals surface area (Å²) >= 11 is 0. The summed E-state index contributed by atoms with van der Waals surface area (Å²) < 4.78 is 10.3. The fourth-order valence-corrected chi connectivity index (χ4v) is 2.03. The Bertz CT molecular complexity index is 721. The van der Waals surface area contributed by atoms with E-state index in [1.807, 2.05) is 30.3 Å². The number of nitrogens with one attached hydrogen (secondary N) is 1. The van der Waals surface area contributed by atoms with Gasteiger partial charge in [-0.3, -0.25) is 4.79 Å². The minimum atomic E-state index is -0.539. The monoisotopic (exact) mass is 325 g/mol. The molecule has 0 heterocycles. The molecule has 0 radical (unpaired) electrons. The quantitative estimate of drug-likeness (QED) is 0.655. The van der Waals surface area contributed by atoms with Crippen molar-refractivity contribution >= 4 is 17.6 Å². The Hall–Kier alpha value is -3.08. The van der Waals surface area contributed by atoms with E-state index in [-0.39, 0.29) is 5.91 Å². The second-order valence-corrected chi connectivity index (χ2v) is 5.06. The fourth-order valence-electron chi connectivity index (χ4n) is 2.03. The third-order valence-electron chi connectivity index (χ3n) is 3.19. The highest BCUT2D eigenvalue weighted by Crippen LogP contribution is 2.18. The number of hydrogen-bond acceptors (Lipinski definition) is 4. The number of carbonyl (C=O) groups is 2. The van der Waals surface area contributed by atoms with E-state index in [4.69, 9.17) is 4.74 Å². The van der Waals surface area contributed by atoms with Gasteiger partial charge in [-0.05, 0) is 35.4 Å². The lowest BCUT2D eigenvalue weighted by Crippen LogP contribution is -2.19. The molecule has 0 aromatic heterocycles. The number of benzene rings is 2. The molecule has 0 fully saturated rings. The summed E-state index contributed by atoms with van der Waals surface area (Å²) in [5.41, 5.74) is 2.14. The molecule has 0 unspecified atom stereocenters. The Morgan fingerprint density at radius 3 is 2.29 bits per heavy atom. The molecule has 1 N–H and O–H groups in total. The van der Waals surface area contributed by atoms with Gasteiger partial charge in [0.2, 0.25) is 5.91 Å². The molecule has 2 aromatic rings. The van der Waals surface area contributed by atoms with Crippen molar-refractivity contribution in [1.82, 2.24) is 5.32 Å². The second-order valence-electron chi connectivity index (χ2n) is 5.06. The Balaban J connectivity index is 2.09. The van der Waals surface area contributed by atoms with Gasteiger partial charge < -0.3 is 14.8 Å². The molecular formula is C19H19NO4. The zero-order valence-electron chi connectivity index (χ0n) is 13.6. The van der Waals surface area contributed by atoms with Crippen LogP contribution >= 0.6 is 0 Å². The third kappa shape index (κ3) is 5.28. The van der Waals surface area contributed by atoms with E-state index in [1.54, 1.807) is 24.3 Å². The van der Waals surface area contributed by atoms with Crippen molar-refractivity contribution in [1.29, 1.82) is 0 Å². The molecule has 0 aliphatic carbocycles. The topological polar surface area (TPSA) is 64.6 Å². The van der Waals surface area contributed by atoms with E-state index in [0.29, 0.717) is 23.6 Å². The first-order chi connectivity index (χ1) is 11.6. The predicted octanol–water partition coefficient (Wildman–Crippen LogP) is 2.92. The van der Waals surface area contributed by atoms with Crippen molar-refractivity contribution in [3.63, 3.8) is 0 Å². The largest absolute Gasteiger partial charge is 0.489 e. The molecule has 0 atom stereocenters. The number of methoxy groups -OCH3 is 1. The Morgan fingerprint density at radius 1 is 1.04 bits per heavy atom. The first kappa shape index (κ1) is 17.3. The van der Waals surface area contributed by atoms with Gasteiger partial charge in [0.1, 0.15) is 12.4 Å². The number of amides is 1. The Morgan fingerprint density at radius 2 is 1.71 bits per heavy atom. The molecular weight excluding hydrogens is 306 g/mol. The van der Waals surface area contributed by atoms with Crippen LogP contribution in [0.15, 0.2) is 60.7 Å². The van der Waals surface area contributed by atoms with E-state index in [1.165, 1.54) is 20.1 Å². The van der Waals surface area contributed by atoms with Crippen LogP contribution in [-0.2, 0) is 20.9 Å². The van der Waals surface area contributed by atoms with E-state index in [9.17, 15) is 9.59 Å². The van der Waals surface area contributed by atoms with Crippen LogP contribution in [0, 0.1) is 0 Å². The van der Waals surface area contributed by atoms with Gasteiger partial charge in [-0.25, -0.2) is 4.79 Å². The molecule has 24 heavy (non-hydrogen) atoms. The summed E-state index contributed by atoms with van der Waals surface area (Å²) in [5, 5.41) is 2.62. The molecule has 2 aromatic carbocycles. The SMILES string of the molecule is COC(=O)/C=C(\NC(C)=O)c1ccc(OCc2ccccc2)cc1. The number of carbonyl (C=O) groups excluding carboxylic acids is 2. The van der Waals surface area contributed by atoms with E-state index < -0.39 is 5.97 Å². The van der Waals surface area contributed by atoms with Crippen molar-refractivity contribution < 1.29 is 19.1 Å². The summed E-state index contributed by atoms with van der Waals surface area (Å²) in [5.74, 6) is -0.111. The third-order valence-corrected chi connectivity index (χ3v) is 3.19. The van der Waals surface area contributed by atoms with E-state index in [2.05, 4.69) is 10.1 Å².